The summed E-state index contributed by atoms with van der Waals surface area (Å²) in [6.45, 7) is 5.10. The monoisotopic (exact) mass is 1690 g/mol. The van der Waals surface area contributed by atoms with E-state index < -0.39 is 97.5 Å². The number of carbonyl (C=O) groups is 4. The third-order valence-corrected chi connectivity index (χ3v) is 25.0. The summed E-state index contributed by atoms with van der Waals surface area (Å²) in [5, 5.41) is 10.7. The number of carbonyl (C=O) groups excluding carboxylic acids is 4. The first-order valence-corrected chi connectivity index (χ1v) is 53.3. The van der Waals surface area contributed by atoms with Gasteiger partial charge in [-0.05, 0) is 25.7 Å². The molecule has 0 spiro atoms. The van der Waals surface area contributed by atoms with Gasteiger partial charge >= 0.3 is 39.5 Å². The molecule has 3 N–H and O–H groups in total. The second-order valence-corrected chi connectivity index (χ2v) is 37.7. The van der Waals surface area contributed by atoms with Crippen molar-refractivity contribution in [2.45, 2.75) is 560 Å². The second kappa shape index (κ2) is 90.8. The van der Waals surface area contributed by atoms with Gasteiger partial charge in [0.25, 0.3) is 0 Å². The van der Waals surface area contributed by atoms with Crippen molar-refractivity contribution < 1.29 is 80.2 Å². The number of rotatable bonds is 98. The van der Waals surface area contributed by atoms with Crippen LogP contribution in [-0.4, -0.2) is 96.7 Å². The van der Waals surface area contributed by atoms with E-state index in [2.05, 4.69) is 27.7 Å². The molecule has 0 aromatic carbocycles. The number of hydrogen-bond donors (Lipinski definition) is 3. The molecule has 17 nitrogen and oxygen atoms in total. The SMILES string of the molecule is CCCCCCCCCCCCCCCCCCCCCCCCC(=O)OC[C@H](COP(=O)(O)OC[C@@H](O)COP(=O)(O)OC[C@@H](COC(=O)CCCCCCCCCCCC)OC(=O)CCCCCCCCCCCCCCCCCCCCCCCC)OC(=O)CCCCCCCCCCCCCCCCCCCCCCCC. The molecule has 0 saturated carbocycles. The third-order valence-electron chi connectivity index (χ3n) is 23.1. The highest BCUT2D eigenvalue weighted by molar-refractivity contribution is 7.47. The van der Waals surface area contributed by atoms with Crippen molar-refractivity contribution in [1.29, 1.82) is 0 Å². The average Bonchev–Trinajstić information content (AvgIpc) is 0.897. The molecule has 0 aliphatic carbocycles. The van der Waals surface area contributed by atoms with E-state index in [1.807, 2.05) is 0 Å². The molecule has 2 unspecified atom stereocenters. The van der Waals surface area contributed by atoms with Crippen molar-refractivity contribution in [2.24, 2.45) is 0 Å². The summed E-state index contributed by atoms with van der Waals surface area (Å²) >= 11 is 0. The summed E-state index contributed by atoms with van der Waals surface area (Å²) < 4.78 is 69.2. The maximum Gasteiger partial charge on any atom is 0.472 e. The van der Waals surface area contributed by atoms with Crippen LogP contribution in [0, 0.1) is 0 Å². The predicted molar refractivity (Wildman–Crippen MR) is 483 cm³/mol. The summed E-state index contributed by atoms with van der Waals surface area (Å²) in [5.74, 6) is -2.09. The fourth-order valence-corrected chi connectivity index (χ4v) is 17.0. The van der Waals surface area contributed by atoms with Gasteiger partial charge in [0.2, 0.25) is 0 Å². The van der Waals surface area contributed by atoms with Gasteiger partial charge in [0.1, 0.15) is 19.3 Å². The van der Waals surface area contributed by atoms with Crippen LogP contribution in [0.5, 0.6) is 0 Å². The van der Waals surface area contributed by atoms with Crippen LogP contribution >= 0.6 is 15.6 Å². The third kappa shape index (κ3) is 89.8. The second-order valence-electron chi connectivity index (χ2n) is 34.8. The van der Waals surface area contributed by atoms with E-state index in [1.165, 1.54) is 372 Å². The number of unbranched alkanes of at least 4 members (excludes halogenated alkanes) is 72. The molecule has 116 heavy (non-hydrogen) atoms. The van der Waals surface area contributed by atoms with Crippen molar-refractivity contribution in [3.8, 4) is 0 Å². The van der Waals surface area contributed by atoms with E-state index in [1.54, 1.807) is 0 Å². The minimum atomic E-state index is -4.97. The lowest BCUT2D eigenvalue weighted by molar-refractivity contribution is -0.161. The molecule has 690 valence electrons. The Kier molecular flexibility index (Phi) is 89.3. The zero-order chi connectivity index (χ0) is 84.5. The number of esters is 4. The molecular formula is C97H190O17P2. The van der Waals surface area contributed by atoms with Crippen LogP contribution in [0.4, 0.5) is 0 Å². The van der Waals surface area contributed by atoms with Crippen LogP contribution in [0.15, 0.2) is 0 Å². The molecule has 0 aliphatic heterocycles. The molecule has 0 saturated heterocycles. The topological polar surface area (TPSA) is 237 Å². The van der Waals surface area contributed by atoms with Crippen LogP contribution in [0.2, 0.25) is 0 Å². The molecule has 0 bridgehead atoms. The van der Waals surface area contributed by atoms with Crippen LogP contribution in [0.25, 0.3) is 0 Å². The highest BCUT2D eigenvalue weighted by atomic mass is 31.2. The molecule has 0 aromatic heterocycles. The summed E-state index contributed by atoms with van der Waals surface area (Å²) in [7, 11) is -9.94. The van der Waals surface area contributed by atoms with Gasteiger partial charge in [-0.3, -0.25) is 37.3 Å². The smallest absolute Gasteiger partial charge is 0.462 e. The Morgan fingerprint density at radius 2 is 0.345 bits per heavy atom. The van der Waals surface area contributed by atoms with E-state index in [0.29, 0.717) is 25.7 Å². The molecule has 19 heteroatoms. The van der Waals surface area contributed by atoms with Gasteiger partial charge in [-0.2, -0.15) is 0 Å². The van der Waals surface area contributed by atoms with Crippen molar-refractivity contribution in [2.75, 3.05) is 39.6 Å². The minimum Gasteiger partial charge on any atom is -0.462 e. The molecule has 0 rings (SSSR count). The maximum atomic E-state index is 13.2. The molecule has 0 fully saturated rings. The van der Waals surface area contributed by atoms with E-state index in [4.69, 9.17) is 37.0 Å². The van der Waals surface area contributed by atoms with Crippen LogP contribution in [0.3, 0.4) is 0 Å². The fraction of sp³-hybridized carbons (Fsp3) is 0.959. The van der Waals surface area contributed by atoms with Gasteiger partial charge in [0.05, 0.1) is 26.4 Å². The first-order valence-electron chi connectivity index (χ1n) is 50.3. The average molecular weight is 1690 g/mol. The number of phosphoric acid groups is 2. The van der Waals surface area contributed by atoms with Crippen molar-refractivity contribution >= 4 is 39.5 Å². The normalized spacial score (nSPS) is 13.5. The molecule has 0 radical (unpaired) electrons. The fourth-order valence-electron chi connectivity index (χ4n) is 15.5. The Hall–Kier alpha value is -1.94. The summed E-state index contributed by atoms with van der Waals surface area (Å²) in [5.41, 5.74) is 0. The Morgan fingerprint density at radius 3 is 0.509 bits per heavy atom. The van der Waals surface area contributed by atoms with Crippen molar-refractivity contribution in [1.82, 2.24) is 0 Å². The lowest BCUT2D eigenvalue weighted by Gasteiger charge is -2.21. The summed E-state index contributed by atoms with van der Waals surface area (Å²) in [6, 6.07) is 0. The lowest BCUT2D eigenvalue weighted by Crippen LogP contribution is -2.30. The molecule has 0 aliphatic rings. The van der Waals surface area contributed by atoms with Gasteiger partial charge < -0.3 is 33.8 Å². The predicted octanol–water partition coefficient (Wildman–Crippen LogP) is 30.8. The van der Waals surface area contributed by atoms with Crippen molar-refractivity contribution in [3.05, 3.63) is 0 Å². The van der Waals surface area contributed by atoms with Crippen LogP contribution < -0.4 is 0 Å². The van der Waals surface area contributed by atoms with Gasteiger partial charge in [-0.25, -0.2) is 9.13 Å². The van der Waals surface area contributed by atoms with E-state index in [9.17, 15) is 43.2 Å². The Labute approximate surface area is 715 Å². The highest BCUT2D eigenvalue weighted by Gasteiger charge is 2.31. The van der Waals surface area contributed by atoms with Gasteiger partial charge in [0, 0.05) is 25.7 Å². The standard InChI is InChI=1S/C97H190O17P2/c1-5-9-13-17-21-25-29-32-35-38-41-44-47-50-53-56-59-62-66-70-74-78-82-95(100)108-88-93(114-97(102)84-80-76-72-68-64-61-58-55-52-49-46-43-40-37-34-31-27-23-19-15-11-7-3)90-112-116(105,106)110-86-91(98)85-109-115(103,104)111-89-92(87-107-94(99)81-77-73-69-65-28-24-20-16-12-8-4)113-96(101)83-79-75-71-67-63-60-57-54-51-48-45-42-39-36-33-30-26-22-18-14-10-6-2/h91-93,98H,5-90H2,1-4H3,(H,103,104)(H,105,106)/t91-,92+,93+/m0/s1. The minimum absolute atomic E-state index is 0.110. The first-order chi connectivity index (χ1) is 56.7. The van der Waals surface area contributed by atoms with Gasteiger partial charge in [0.15, 0.2) is 12.2 Å². The zero-order valence-electron chi connectivity index (χ0n) is 76.5. The Morgan fingerprint density at radius 1 is 0.207 bits per heavy atom. The zero-order valence-corrected chi connectivity index (χ0v) is 78.3. The summed E-state index contributed by atoms with van der Waals surface area (Å²) in [6.07, 6.45) is 90.7. The largest absolute Gasteiger partial charge is 0.472 e. The molecule has 0 heterocycles. The highest BCUT2D eigenvalue weighted by Crippen LogP contribution is 2.45. The molecular weight excluding hydrogens is 1500 g/mol. The van der Waals surface area contributed by atoms with Crippen LogP contribution in [0.1, 0.15) is 541 Å². The van der Waals surface area contributed by atoms with E-state index >= 15 is 0 Å². The first kappa shape index (κ1) is 114. The van der Waals surface area contributed by atoms with Crippen LogP contribution in [-0.2, 0) is 65.4 Å². The number of ether oxygens (including phenoxy) is 4. The molecule has 0 aromatic rings. The summed E-state index contributed by atoms with van der Waals surface area (Å²) in [4.78, 5) is 73.5. The Balaban J connectivity index is 5.18. The lowest BCUT2D eigenvalue weighted by atomic mass is 10.0. The quantitative estimate of drug-likeness (QED) is 0.0222. The van der Waals surface area contributed by atoms with E-state index in [0.717, 1.165) is 89.9 Å². The molecule has 5 atom stereocenters. The number of phosphoric ester groups is 2. The number of aliphatic hydroxyl groups excluding tert-OH is 1. The van der Waals surface area contributed by atoms with Crippen molar-refractivity contribution in [3.63, 3.8) is 0 Å². The Bertz CT molecular complexity index is 2170. The van der Waals surface area contributed by atoms with Gasteiger partial charge in [-0.15, -0.1) is 0 Å². The number of hydrogen-bond acceptors (Lipinski definition) is 15. The molecule has 0 amide bonds. The van der Waals surface area contributed by atoms with Gasteiger partial charge in [-0.1, -0.05) is 490 Å². The van der Waals surface area contributed by atoms with E-state index in [-0.39, 0.29) is 25.7 Å². The maximum absolute atomic E-state index is 13.2. The number of aliphatic hydroxyl groups is 1.